The Labute approximate surface area is 203 Å². The lowest BCUT2D eigenvalue weighted by Crippen LogP contribution is -2.22. The van der Waals surface area contributed by atoms with Crippen molar-refractivity contribution in [3.8, 4) is 17.2 Å². The van der Waals surface area contributed by atoms with E-state index in [2.05, 4.69) is 41.5 Å². The van der Waals surface area contributed by atoms with E-state index >= 15 is 0 Å². The number of rotatable bonds is 6. The van der Waals surface area contributed by atoms with Crippen LogP contribution in [0.2, 0.25) is 0 Å². The van der Waals surface area contributed by atoms with Crippen molar-refractivity contribution >= 4 is 5.97 Å². The molecule has 0 bridgehead atoms. The van der Waals surface area contributed by atoms with Gasteiger partial charge in [0.25, 0.3) is 0 Å². The summed E-state index contributed by atoms with van der Waals surface area (Å²) in [6, 6.07) is 19.5. The Kier molecular flexibility index (Phi) is 7.40. The van der Waals surface area contributed by atoms with Gasteiger partial charge in [-0.1, -0.05) is 77.9 Å². The molecule has 0 aliphatic carbocycles. The van der Waals surface area contributed by atoms with Gasteiger partial charge >= 0.3 is 5.97 Å². The number of benzene rings is 3. The summed E-state index contributed by atoms with van der Waals surface area (Å²) in [5, 5.41) is 0. The summed E-state index contributed by atoms with van der Waals surface area (Å²) in [5.41, 5.74) is 3.74. The Hall–Kier alpha value is -3.27. The van der Waals surface area contributed by atoms with E-state index in [1.54, 1.807) is 20.3 Å². The van der Waals surface area contributed by atoms with Crippen LogP contribution in [0.5, 0.6) is 17.2 Å². The topological polar surface area (TPSA) is 44.8 Å². The van der Waals surface area contributed by atoms with Crippen molar-refractivity contribution < 1.29 is 19.0 Å². The van der Waals surface area contributed by atoms with Crippen LogP contribution >= 0.6 is 0 Å². The number of carbonyl (C=O) groups is 1. The molecule has 0 saturated heterocycles. The quantitative estimate of drug-likeness (QED) is 0.290. The molecule has 3 aromatic rings. The Balaban J connectivity index is 2.13. The van der Waals surface area contributed by atoms with E-state index in [0.29, 0.717) is 23.5 Å². The highest BCUT2D eigenvalue weighted by Crippen LogP contribution is 2.43. The van der Waals surface area contributed by atoms with Crippen molar-refractivity contribution in [1.82, 2.24) is 0 Å². The maximum absolute atomic E-state index is 13.7. The fourth-order valence-corrected chi connectivity index (χ4v) is 4.02. The highest BCUT2D eigenvalue weighted by molar-refractivity contribution is 5.94. The molecule has 0 spiro atoms. The lowest BCUT2D eigenvalue weighted by atomic mass is 9.79. The molecule has 0 fully saturated rings. The van der Waals surface area contributed by atoms with Gasteiger partial charge < -0.3 is 14.2 Å². The third kappa shape index (κ3) is 5.61. The number of methoxy groups -OCH3 is 2. The molecule has 0 unspecified atom stereocenters. The maximum atomic E-state index is 13.7. The molecule has 3 aromatic carbocycles. The molecule has 0 amide bonds. The molecule has 0 atom stereocenters. The predicted molar refractivity (Wildman–Crippen MR) is 138 cm³/mol. The maximum Gasteiger partial charge on any atom is 0.343 e. The summed E-state index contributed by atoms with van der Waals surface area (Å²) in [6.07, 6.45) is 0.566. The van der Waals surface area contributed by atoms with E-state index in [1.165, 1.54) is 0 Å². The van der Waals surface area contributed by atoms with Gasteiger partial charge in [-0.25, -0.2) is 4.79 Å². The van der Waals surface area contributed by atoms with Crippen LogP contribution in [0.1, 0.15) is 74.2 Å². The van der Waals surface area contributed by atoms with Gasteiger partial charge in [-0.2, -0.15) is 0 Å². The van der Waals surface area contributed by atoms with Crippen LogP contribution in [0.3, 0.4) is 0 Å². The molecule has 0 aliphatic heterocycles. The van der Waals surface area contributed by atoms with Crippen molar-refractivity contribution in [2.45, 2.75) is 58.8 Å². The Bertz CT molecular complexity index is 1110. The van der Waals surface area contributed by atoms with Crippen LogP contribution in [0.25, 0.3) is 0 Å². The molecular weight excluding hydrogens is 424 g/mol. The van der Waals surface area contributed by atoms with Gasteiger partial charge in [-0.15, -0.1) is 0 Å². The molecule has 180 valence electrons. The van der Waals surface area contributed by atoms with Gasteiger partial charge in [0.2, 0.25) is 0 Å². The minimum Gasteiger partial charge on any atom is -0.497 e. The first-order chi connectivity index (χ1) is 16.0. The lowest BCUT2D eigenvalue weighted by molar-refractivity contribution is 0.0727. The smallest absolute Gasteiger partial charge is 0.343 e. The van der Waals surface area contributed by atoms with Crippen molar-refractivity contribution in [3.05, 3.63) is 88.5 Å². The van der Waals surface area contributed by atoms with Crippen LogP contribution in [0, 0.1) is 0 Å². The van der Waals surface area contributed by atoms with E-state index in [4.69, 9.17) is 14.2 Å². The number of carbonyl (C=O) groups excluding carboxylic acids is 1. The van der Waals surface area contributed by atoms with Crippen molar-refractivity contribution in [1.29, 1.82) is 0 Å². The number of ether oxygens (including phenoxy) is 3. The molecule has 0 saturated carbocycles. The minimum absolute atomic E-state index is 0.259. The Morgan fingerprint density at radius 2 is 1.35 bits per heavy atom. The summed E-state index contributed by atoms with van der Waals surface area (Å²) in [7, 11) is 3.28. The Morgan fingerprint density at radius 3 is 1.85 bits per heavy atom. The first-order valence-corrected chi connectivity index (χ1v) is 11.6. The average molecular weight is 461 g/mol. The standard InChI is InChI=1S/C30H36O4/c1-29(2,3)24-18-21(32-7)19-25(30(4,5)6)27(24)34-28(31)22-15-12-16-26(33-8)23(22)17-20-13-10-9-11-14-20/h9-16,18-19H,17H2,1-8H3. The van der Waals surface area contributed by atoms with Crippen LogP contribution in [-0.4, -0.2) is 20.2 Å². The third-order valence-corrected chi connectivity index (χ3v) is 5.91. The zero-order chi connectivity index (χ0) is 25.1. The number of hydrogen-bond acceptors (Lipinski definition) is 4. The highest BCUT2D eigenvalue weighted by atomic mass is 16.5. The van der Waals surface area contributed by atoms with Gasteiger partial charge in [0, 0.05) is 23.1 Å². The monoisotopic (exact) mass is 460 g/mol. The molecule has 0 aromatic heterocycles. The normalized spacial score (nSPS) is 11.8. The Morgan fingerprint density at radius 1 is 0.765 bits per heavy atom. The second-order valence-corrected chi connectivity index (χ2v) is 10.6. The molecule has 0 aliphatic rings. The van der Waals surface area contributed by atoms with Crippen LogP contribution in [0.15, 0.2) is 60.7 Å². The number of hydrogen-bond donors (Lipinski definition) is 0. The number of esters is 1. The van der Waals surface area contributed by atoms with Gasteiger partial charge in [-0.05, 0) is 40.7 Å². The van der Waals surface area contributed by atoms with Crippen LogP contribution in [-0.2, 0) is 17.3 Å². The van der Waals surface area contributed by atoms with Crippen LogP contribution < -0.4 is 14.2 Å². The van der Waals surface area contributed by atoms with E-state index in [-0.39, 0.29) is 10.8 Å². The second-order valence-electron chi connectivity index (χ2n) is 10.6. The van der Waals surface area contributed by atoms with Gasteiger partial charge in [0.05, 0.1) is 19.8 Å². The zero-order valence-electron chi connectivity index (χ0n) is 21.6. The first kappa shape index (κ1) is 25.4. The SMILES string of the molecule is COc1cc(C(C)(C)C)c(OC(=O)c2cccc(OC)c2Cc2ccccc2)c(C(C)(C)C)c1. The van der Waals surface area contributed by atoms with E-state index in [0.717, 1.165) is 28.0 Å². The summed E-state index contributed by atoms with van der Waals surface area (Å²) >= 11 is 0. The minimum atomic E-state index is -0.397. The van der Waals surface area contributed by atoms with Crippen molar-refractivity contribution in [3.63, 3.8) is 0 Å². The molecule has 4 heteroatoms. The van der Waals surface area contributed by atoms with Gasteiger partial charge in [0.1, 0.15) is 17.2 Å². The largest absolute Gasteiger partial charge is 0.497 e. The van der Waals surface area contributed by atoms with E-state index < -0.39 is 5.97 Å². The molecule has 34 heavy (non-hydrogen) atoms. The molecule has 0 N–H and O–H groups in total. The fourth-order valence-electron chi connectivity index (χ4n) is 4.02. The summed E-state index contributed by atoms with van der Waals surface area (Å²) < 4.78 is 17.5. The van der Waals surface area contributed by atoms with Crippen LogP contribution in [0.4, 0.5) is 0 Å². The predicted octanol–water partition coefficient (Wildman–Crippen LogP) is 7.11. The highest BCUT2D eigenvalue weighted by Gasteiger charge is 2.30. The van der Waals surface area contributed by atoms with Crippen molar-refractivity contribution in [2.75, 3.05) is 14.2 Å². The van der Waals surface area contributed by atoms with E-state index in [9.17, 15) is 4.79 Å². The van der Waals surface area contributed by atoms with Crippen molar-refractivity contribution in [2.24, 2.45) is 0 Å². The fraction of sp³-hybridized carbons (Fsp3) is 0.367. The summed E-state index contributed by atoms with van der Waals surface area (Å²) in [6.45, 7) is 12.7. The van der Waals surface area contributed by atoms with E-state index in [1.807, 2.05) is 54.6 Å². The first-order valence-electron chi connectivity index (χ1n) is 11.6. The molecule has 0 heterocycles. The molecule has 4 nitrogen and oxygen atoms in total. The second kappa shape index (κ2) is 9.92. The molecule has 3 rings (SSSR count). The molecule has 0 radical (unpaired) electrons. The third-order valence-electron chi connectivity index (χ3n) is 5.91. The van der Waals surface area contributed by atoms with Gasteiger partial charge in [-0.3, -0.25) is 0 Å². The summed E-state index contributed by atoms with van der Waals surface area (Å²) in [5.74, 6) is 1.62. The lowest BCUT2D eigenvalue weighted by Gasteiger charge is -2.30. The average Bonchev–Trinajstić information content (AvgIpc) is 2.78. The zero-order valence-corrected chi connectivity index (χ0v) is 21.6. The molecular formula is C30H36O4. The van der Waals surface area contributed by atoms with Gasteiger partial charge in [0.15, 0.2) is 0 Å². The summed E-state index contributed by atoms with van der Waals surface area (Å²) in [4.78, 5) is 13.7.